The van der Waals surface area contributed by atoms with Crippen LogP contribution in [0.25, 0.3) is 0 Å². The first kappa shape index (κ1) is 17.9. The molecule has 0 bridgehead atoms. The Labute approximate surface area is 138 Å². The molecule has 1 aliphatic rings. The molecule has 0 aliphatic heterocycles. The monoisotopic (exact) mass is 345 g/mol. The molecule has 1 aromatic rings. The van der Waals surface area contributed by atoms with Crippen LogP contribution in [-0.2, 0) is 15.4 Å². The van der Waals surface area contributed by atoms with Crippen molar-refractivity contribution < 1.29 is 13.5 Å². The summed E-state index contributed by atoms with van der Waals surface area (Å²) >= 11 is 1.62. The maximum absolute atomic E-state index is 12.1. The molecule has 1 aliphatic carbocycles. The summed E-state index contributed by atoms with van der Waals surface area (Å²) in [5.74, 6) is 0.299. The molecule has 0 saturated heterocycles. The summed E-state index contributed by atoms with van der Waals surface area (Å²) in [6.07, 6.45) is 3.82. The van der Waals surface area contributed by atoms with Gasteiger partial charge in [-0.25, -0.2) is 13.1 Å². The van der Waals surface area contributed by atoms with Crippen LogP contribution in [0.3, 0.4) is 0 Å². The maximum atomic E-state index is 12.1. The molecular formula is C16H27NO3S2. The highest BCUT2D eigenvalue weighted by atomic mass is 32.2. The van der Waals surface area contributed by atoms with Crippen molar-refractivity contribution in [1.29, 1.82) is 0 Å². The molecule has 1 heterocycles. The molecule has 0 aromatic carbocycles. The van der Waals surface area contributed by atoms with E-state index in [2.05, 4.69) is 10.8 Å². The van der Waals surface area contributed by atoms with E-state index in [-0.39, 0.29) is 17.1 Å². The Bertz CT molecular complexity index is 584. The van der Waals surface area contributed by atoms with E-state index in [1.165, 1.54) is 4.88 Å². The van der Waals surface area contributed by atoms with Gasteiger partial charge in [0.15, 0.2) is 0 Å². The minimum absolute atomic E-state index is 0.0954. The quantitative estimate of drug-likeness (QED) is 0.797. The fraction of sp³-hybridized carbons (Fsp3) is 0.750. The highest BCUT2D eigenvalue weighted by Gasteiger charge is 2.38. The number of rotatable bonds is 7. The van der Waals surface area contributed by atoms with Gasteiger partial charge in [0.05, 0.1) is 11.9 Å². The van der Waals surface area contributed by atoms with Gasteiger partial charge in [-0.15, -0.1) is 11.3 Å². The van der Waals surface area contributed by atoms with E-state index in [4.69, 9.17) is 0 Å². The average molecular weight is 346 g/mol. The minimum atomic E-state index is -3.22. The molecule has 0 amide bonds. The summed E-state index contributed by atoms with van der Waals surface area (Å²) in [7, 11) is -3.22. The third kappa shape index (κ3) is 4.31. The van der Waals surface area contributed by atoms with Crippen LogP contribution in [0.2, 0.25) is 0 Å². The highest BCUT2D eigenvalue weighted by molar-refractivity contribution is 7.89. The number of sulfonamides is 1. The van der Waals surface area contributed by atoms with Crippen LogP contribution < -0.4 is 4.72 Å². The molecule has 0 radical (unpaired) electrons. The number of hydrogen-bond acceptors (Lipinski definition) is 4. The summed E-state index contributed by atoms with van der Waals surface area (Å²) in [5.41, 5.74) is -0.0954. The molecule has 2 N–H and O–H groups in total. The fourth-order valence-corrected chi connectivity index (χ4v) is 5.85. The standard InChI is InChI=1S/C16H27NO3S2/c1-12(2)10-22(19,20)17-11-16(8-4-5-9-16)15-7-6-14(21-15)13(3)18/h6-7,12-13,17-18H,4-5,8-11H2,1-3H3. The van der Waals surface area contributed by atoms with Crippen LogP contribution >= 0.6 is 11.3 Å². The Morgan fingerprint density at radius 1 is 1.27 bits per heavy atom. The topological polar surface area (TPSA) is 66.4 Å². The first-order valence-electron chi connectivity index (χ1n) is 8.00. The van der Waals surface area contributed by atoms with Crippen LogP contribution in [0.15, 0.2) is 12.1 Å². The second-order valence-corrected chi connectivity index (χ2v) is 9.83. The Kier molecular flexibility index (Phi) is 5.69. The van der Waals surface area contributed by atoms with E-state index in [1.807, 2.05) is 19.9 Å². The lowest BCUT2D eigenvalue weighted by Gasteiger charge is -2.28. The van der Waals surface area contributed by atoms with Crippen molar-refractivity contribution in [2.24, 2.45) is 5.92 Å². The molecule has 1 aromatic heterocycles. The second-order valence-electron chi connectivity index (χ2n) is 6.86. The zero-order valence-corrected chi connectivity index (χ0v) is 15.3. The predicted octanol–water partition coefficient (Wildman–Crippen LogP) is 3.19. The van der Waals surface area contributed by atoms with Crippen molar-refractivity contribution >= 4 is 21.4 Å². The van der Waals surface area contributed by atoms with E-state index in [0.717, 1.165) is 30.6 Å². The van der Waals surface area contributed by atoms with Gasteiger partial charge in [-0.05, 0) is 37.8 Å². The van der Waals surface area contributed by atoms with E-state index < -0.39 is 16.1 Å². The maximum Gasteiger partial charge on any atom is 0.211 e. The molecular weight excluding hydrogens is 318 g/mol. The summed E-state index contributed by atoms with van der Waals surface area (Å²) in [6.45, 7) is 6.07. The lowest BCUT2D eigenvalue weighted by Crippen LogP contribution is -2.40. The number of hydrogen-bond donors (Lipinski definition) is 2. The minimum Gasteiger partial charge on any atom is -0.388 e. The van der Waals surface area contributed by atoms with Gasteiger partial charge in [-0.3, -0.25) is 0 Å². The molecule has 1 saturated carbocycles. The lowest BCUT2D eigenvalue weighted by atomic mass is 9.85. The van der Waals surface area contributed by atoms with Crippen molar-refractivity contribution in [1.82, 2.24) is 4.72 Å². The van der Waals surface area contributed by atoms with Gasteiger partial charge in [-0.1, -0.05) is 26.7 Å². The van der Waals surface area contributed by atoms with Gasteiger partial charge in [0.25, 0.3) is 0 Å². The zero-order chi connectivity index (χ0) is 16.4. The van der Waals surface area contributed by atoms with Gasteiger partial charge in [0.1, 0.15) is 0 Å². The Balaban J connectivity index is 2.15. The lowest BCUT2D eigenvalue weighted by molar-refractivity contribution is 0.203. The highest BCUT2D eigenvalue weighted by Crippen LogP contribution is 2.44. The van der Waals surface area contributed by atoms with Gasteiger partial charge >= 0.3 is 0 Å². The van der Waals surface area contributed by atoms with Crippen LogP contribution in [0.5, 0.6) is 0 Å². The average Bonchev–Trinajstić information content (AvgIpc) is 3.05. The van der Waals surface area contributed by atoms with Crippen molar-refractivity contribution in [2.45, 2.75) is 58.0 Å². The van der Waals surface area contributed by atoms with Crippen molar-refractivity contribution in [3.05, 3.63) is 21.9 Å². The summed E-state index contributed by atoms with van der Waals surface area (Å²) in [4.78, 5) is 2.15. The number of thiophene rings is 1. The molecule has 126 valence electrons. The normalized spacial score (nSPS) is 19.7. The molecule has 1 unspecified atom stereocenters. The molecule has 1 atom stereocenters. The first-order valence-corrected chi connectivity index (χ1v) is 10.5. The van der Waals surface area contributed by atoms with Gasteiger partial charge in [-0.2, -0.15) is 0 Å². The number of aliphatic hydroxyl groups excluding tert-OH is 1. The third-order valence-electron chi connectivity index (χ3n) is 4.31. The molecule has 22 heavy (non-hydrogen) atoms. The SMILES string of the molecule is CC(C)CS(=O)(=O)NCC1(c2ccc(C(C)O)s2)CCCC1. The van der Waals surface area contributed by atoms with Crippen LogP contribution in [0.1, 0.15) is 62.3 Å². The molecule has 4 nitrogen and oxygen atoms in total. The van der Waals surface area contributed by atoms with Crippen molar-refractivity contribution in [3.63, 3.8) is 0 Å². The summed E-state index contributed by atoms with van der Waals surface area (Å²) in [5, 5.41) is 9.72. The van der Waals surface area contributed by atoms with Gasteiger partial charge in [0, 0.05) is 21.7 Å². The molecule has 2 rings (SSSR count). The number of nitrogens with one attached hydrogen (secondary N) is 1. The van der Waals surface area contributed by atoms with Gasteiger partial charge < -0.3 is 5.11 Å². The Morgan fingerprint density at radius 3 is 2.41 bits per heavy atom. The second kappa shape index (κ2) is 6.99. The van der Waals surface area contributed by atoms with Crippen molar-refractivity contribution in [2.75, 3.05) is 12.3 Å². The molecule has 1 fully saturated rings. The zero-order valence-electron chi connectivity index (χ0n) is 13.6. The van der Waals surface area contributed by atoms with Crippen LogP contribution in [0, 0.1) is 5.92 Å². The van der Waals surface area contributed by atoms with E-state index in [1.54, 1.807) is 18.3 Å². The summed E-state index contributed by atoms with van der Waals surface area (Å²) < 4.78 is 27.1. The van der Waals surface area contributed by atoms with Crippen LogP contribution in [0.4, 0.5) is 0 Å². The predicted molar refractivity (Wildman–Crippen MR) is 91.7 cm³/mol. The largest absolute Gasteiger partial charge is 0.388 e. The third-order valence-corrected chi connectivity index (χ3v) is 7.50. The van der Waals surface area contributed by atoms with Crippen LogP contribution in [-0.4, -0.2) is 25.8 Å². The molecule has 0 spiro atoms. The fourth-order valence-electron chi connectivity index (χ4n) is 3.17. The van der Waals surface area contributed by atoms with E-state index >= 15 is 0 Å². The Hall–Kier alpha value is -0.430. The number of aliphatic hydroxyl groups is 1. The first-order chi connectivity index (χ1) is 10.2. The summed E-state index contributed by atoms with van der Waals surface area (Å²) in [6, 6.07) is 4.03. The van der Waals surface area contributed by atoms with Crippen molar-refractivity contribution in [3.8, 4) is 0 Å². The molecule has 6 heteroatoms. The van der Waals surface area contributed by atoms with Gasteiger partial charge in [0.2, 0.25) is 10.0 Å². The smallest absolute Gasteiger partial charge is 0.211 e. The van der Waals surface area contributed by atoms with E-state index in [9.17, 15) is 13.5 Å². The Morgan fingerprint density at radius 2 is 1.91 bits per heavy atom. The van der Waals surface area contributed by atoms with E-state index in [0.29, 0.717) is 6.54 Å².